The van der Waals surface area contributed by atoms with Crippen molar-refractivity contribution in [1.82, 2.24) is 10.2 Å². The number of benzene rings is 3. The molecule has 1 amide bonds. The highest BCUT2D eigenvalue weighted by molar-refractivity contribution is 8.00. The topological polar surface area (TPSA) is 69.9 Å². The summed E-state index contributed by atoms with van der Waals surface area (Å²) in [4.78, 5) is 14.8. The molecule has 0 bridgehead atoms. The average molecular weight is 471 g/mol. The number of thioether (sulfide) groups is 1. The van der Waals surface area contributed by atoms with Crippen LogP contribution in [0.2, 0.25) is 0 Å². The van der Waals surface area contributed by atoms with E-state index in [1.165, 1.54) is 23.9 Å². The molecule has 7 heteroatoms. The molecule has 0 N–H and O–H groups in total. The second-order valence-electron chi connectivity index (χ2n) is 7.92. The summed E-state index contributed by atoms with van der Waals surface area (Å²) in [6.45, 7) is 4.36. The third-order valence-electron chi connectivity index (χ3n) is 5.65. The minimum absolute atomic E-state index is 0.100. The van der Waals surface area contributed by atoms with Crippen molar-refractivity contribution in [3.8, 4) is 17.3 Å². The molecular weight excluding hydrogens is 447 g/mol. The van der Waals surface area contributed by atoms with Crippen LogP contribution in [0, 0.1) is 31.0 Å². The maximum atomic E-state index is 13.4. The maximum Gasteiger partial charge on any atom is 0.237 e. The van der Waals surface area contributed by atoms with Crippen molar-refractivity contribution < 1.29 is 9.18 Å². The third kappa shape index (κ3) is 5.08. The van der Waals surface area contributed by atoms with Gasteiger partial charge in [-0.3, -0.25) is 4.79 Å². The van der Waals surface area contributed by atoms with Gasteiger partial charge in [-0.25, -0.2) is 4.39 Å². The summed E-state index contributed by atoms with van der Waals surface area (Å²) in [5.41, 5.74) is 4.46. The minimum Gasteiger partial charge on any atom is -0.311 e. The number of aromatic nitrogens is 2. The van der Waals surface area contributed by atoms with Gasteiger partial charge in [0.25, 0.3) is 0 Å². The van der Waals surface area contributed by atoms with Crippen molar-refractivity contribution in [2.45, 2.75) is 25.3 Å². The Kier molecular flexibility index (Phi) is 7.19. The van der Waals surface area contributed by atoms with Gasteiger partial charge >= 0.3 is 0 Å². The van der Waals surface area contributed by atoms with Crippen molar-refractivity contribution >= 4 is 34.1 Å². The molecule has 0 spiro atoms. The predicted molar refractivity (Wildman–Crippen MR) is 134 cm³/mol. The molecule has 0 unspecified atom stereocenters. The average Bonchev–Trinajstić information content (AvgIpc) is 2.85. The molecule has 170 valence electrons. The van der Waals surface area contributed by atoms with E-state index in [4.69, 9.17) is 5.26 Å². The maximum absolute atomic E-state index is 13.4. The quantitative estimate of drug-likeness (QED) is 0.306. The molecule has 0 radical (unpaired) electrons. The number of hydrogen-bond donors (Lipinski definition) is 0. The smallest absolute Gasteiger partial charge is 0.237 e. The molecule has 3 aromatic carbocycles. The first-order chi connectivity index (χ1) is 16.5. The molecule has 0 saturated heterocycles. The van der Waals surface area contributed by atoms with Crippen molar-refractivity contribution in [3.63, 3.8) is 0 Å². The van der Waals surface area contributed by atoms with E-state index in [0.717, 1.165) is 33.2 Å². The van der Waals surface area contributed by atoms with Crippen LogP contribution in [0.5, 0.6) is 0 Å². The fourth-order valence-corrected chi connectivity index (χ4v) is 4.52. The monoisotopic (exact) mass is 470 g/mol. The fraction of sp³-hybridized carbons (Fsp3) is 0.185. The summed E-state index contributed by atoms with van der Waals surface area (Å²) in [7, 11) is 0. The van der Waals surface area contributed by atoms with Crippen LogP contribution in [0.25, 0.3) is 22.0 Å². The Morgan fingerprint density at radius 1 is 1.00 bits per heavy atom. The fourth-order valence-electron chi connectivity index (χ4n) is 3.67. The molecule has 5 nitrogen and oxygen atoms in total. The van der Waals surface area contributed by atoms with Crippen LogP contribution in [0.1, 0.15) is 17.5 Å². The SMILES string of the molecule is Cc1ccc(N(CCC#N)C(=O)CSc2nnc(-c3ccc(F)cc3)c3ccccc23)cc1C. The highest BCUT2D eigenvalue weighted by atomic mass is 32.2. The lowest BCUT2D eigenvalue weighted by atomic mass is 10.1. The highest BCUT2D eigenvalue weighted by Gasteiger charge is 2.18. The molecule has 1 aromatic heterocycles. The molecule has 4 rings (SSSR count). The minimum atomic E-state index is -0.309. The Morgan fingerprint density at radius 2 is 1.74 bits per heavy atom. The number of fused-ring (bicyclic) bond motifs is 1. The second-order valence-corrected chi connectivity index (χ2v) is 8.88. The van der Waals surface area contributed by atoms with Crippen LogP contribution in [0.4, 0.5) is 10.1 Å². The summed E-state index contributed by atoms with van der Waals surface area (Å²) in [6, 6.07) is 21.9. The summed E-state index contributed by atoms with van der Waals surface area (Å²) >= 11 is 1.32. The number of anilines is 1. The van der Waals surface area contributed by atoms with Crippen LogP contribution < -0.4 is 4.90 Å². The summed E-state index contributed by atoms with van der Waals surface area (Å²) in [5, 5.41) is 20.3. The number of carbonyl (C=O) groups is 1. The normalized spacial score (nSPS) is 10.8. The van der Waals surface area contributed by atoms with Crippen LogP contribution in [0.3, 0.4) is 0 Å². The van der Waals surface area contributed by atoms with E-state index >= 15 is 0 Å². The Hall–Kier alpha value is -3.76. The molecule has 0 aliphatic heterocycles. The lowest BCUT2D eigenvalue weighted by Crippen LogP contribution is -2.33. The van der Waals surface area contributed by atoms with Crippen LogP contribution in [0.15, 0.2) is 71.8 Å². The van der Waals surface area contributed by atoms with Gasteiger partial charge in [-0.15, -0.1) is 10.2 Å². The van der Waals surface area contributed by atoms with E-state index in [0.29, 0.717) is 17.3 Å². The van der Waals surface area contributed by atoms with Crippen LogP contribution in [-0.4, -0.2) is 28.4 Å². The second kappa shape index (κ2) is 10.4. The largest absolute Gasteiger partial charge is 0.311 e. The number of rotatable bonds is 7. The van der Waals surface area contributed by atoms with Gasteiger partial charge < -0.3 is 4.90 Å². The number of hydrogen-bond acceptors (Lipinski definition) is 5. The van der Waals surface area contributed by atoms with E-state index in [9.17, 15) is 9.18 Å². The van der Waals surface area contributed by atoms with Crippen molar-refractivity contribution in [3.05, 3.63) is 83.7 Å². The molecule has 0 aliphatic carbocycles. The number of nitriles is 1. The first-order valence-corrected chi connectivity index (χ1v) is 11.8. The van der Waals surface area contributed by atoms with Gasteiger partial charge in [-0.1, -0.05) is 42.1 Å². The van der Waals surface area contributed by atoms with Gasteiger partial charge in [0.2, 0.25) is 5.91 Å². The summed E-state index contributed by atoms with van der Waals surface area (Å²) in [5.74, 6) is -0.249. The Labute approximate surface area is 202 Å². The zero-order chi connectivity index (χ0) is 24.1. The first-order valence-electron chi connectivity index (χ1n) is 10.9. The lowest BCUT2D eigenvalue weighted by Gasteiger charge is -2.22. The van der Waals surface area contributed by atoms with Crippen LogP contribution in [-0.2, 0) is 4.79 Å². The van der Waals surface area contributed by atoms with E-state index in [-0.39, 0.29) is 23.9 Å². The zero-order valence-electron chi connectivity index (χ0n) is 19.0. The standard InChI is InChI=1S/C27H23FN4OS/c1-18-8-13-22(16-19(18)2)32(15-5-14-29)25(33)17-34-27-24-7-4-3-6-23(24)26(30-31-27)20-9-11-21(28)12-10-20/h3-4,6-13,16H,5,15,17H2,1-2H3. The molecule has 0 saturated carbocycles. The van der Waals surface area contributed by atoms with Gasteiger partial charge in [-0.2, -0.15) is 5.26 Å². The van der Waals surface area contributed by atoms with Crippen molar-refractivity contribution in [1.29, 1.82) is 5.26 Å². The molecule has 0 fully saturated rings. The first kappa shape index (κ1) is 23.4. The van der Waals surface area contributed by atoms with Gasteiger partial charge in [0.1, 0.15) is 16.5 Å². The zero-order valence-corrected chi connectivity index (χ0v) is 19.8. The lowest BCUT2D eigenvalue weighted by molar-refractivity contribution is -0.116. The highest BCUT2D eigenvalue weighted by Crippen LogP contribution is 2.32. The van der Waals surface area contributed by atoms with E-state index in [2.05, 4.69) is 16.3 Å². The predicted octanol–water partition coefficient (Wildman–Crippen LogP) is 6.09. The molecule has 0 atom stereocenters. The van der Waals surface area contributed by atoms with E-state index < -0.39 is 0 Å². The number of carbonyl (C=O) groups excluding carboxylic acids is 1. The number of nitrogens with zero attached hydrogens (tertiary/aromatic N) is 4. The van der Waals surface area contributed by atoms with Gasteiger partial charge in [0.15, 0.2) is 0 Å². The van der Waals surface area contributed by atoms with Gasteiger partial charge in [0.05, 0.1) is 18.2 Å². The molecule has 4 aromatic rings. The molecular formula is C27H23FN4OS. The third-order valence-corrected chi connectivity index (χ3v) is 6.62. The Bertz CT molecular complexity index is 1380. The molecule has 0 aliphatic rings. The summed E-state index contributed by atoms with van der Waals surface area (Å²) < 4.78 is 13.4. The molecule has 34 heavy (non-hydrogen) atoms. The number of halogens is 1. The van der Waals surface area contributed by atoms with Gasteiger partial charge in [0, 0.05) is 28.6 Å². The van der Waals surface area contributed by atoms with E-state index in [1.807, 2.05) is 56.3 Å². The van der Waals surface area contributed by atoms with Gasteiger partial charge in [-0.05, 0) is 61.4 Å². The number of amides is 1. The van der Waals surface area contributed by atoms with Crippen molar-refractivity contribution in [2.24, 2.45) is 0 Å². The van der Waals surface area contributed by atoms with Crippen LogP contribution >= 0.6 is 11.8 Å². The summed E-state index contributed by atoms with van der Waals surface area (Å²) in [6.07, 6.45) is 0.248. The molecule has 1 heterocycles. The number of aryl methyl sites for hydroxylation is 2. The Balaban J connectivity index is 1.60. The van der Waals surface area contributed by atoms with Crippen molar-refractivity contribution in [2.75, 3.05) is 17.2 Å². The van der Waals surface area contributed by atoms with E-state index in [1.54, 1.807) is 17.0 Å². The Morgan fingerprint density at radius 3 is 2.44 bits per heavy atom.